The van der Waals surface area contributed by atoms with Crippen molar-refractivity contribution >= 4 is 27.0 Å². The highest BCUT2D eigenvalue weighted by Gasteiger charge is 2.51. The van der Waals surface area contributed by atoms with E-state index in [1.54, 1.807) is 17.8 Å². The Morgan fingerprint density at radius 2 is 1.92 bits per heavy atom. The van der Waals surface area contributed by atoms with E-state index in [-0.39, 0.29) is 17.4 Å². The fourth-order valence-electron chi connectivity index (χ4n) is 3.32. The lowest BCUT2D eigenvalue weighted by molar-refractivity contribution is -0.146. The number of rotatable bonds is 4. The molecule has 9 heteroatoms. The van der Waals surface area contributed by atoms with Gasteiger partial charge >= 0.3 is 5.97 Å². The van der Waals surface area contributed by atoms with Gasteiger partial charge in [-0.1, -0.05) is 35.5 Å². The molecule has 1 aliphatic heterocycles. The van der Waals surface area contributed by atoms with E-state index >= 15 is 0 Å². The number of sulfonamides is 1. The first-order valence-electron chi connectivity index (χ1n) is 7.98. The van der Waals surface area contributed by atoms with Crippen molar-refractivity contribution < 1.29 is 18.3 Å². The van der Waals surface area contributed by atoms with E-state index in [4.69, 9.17) is 0 Å². The smallest absolute Gasteiger partial charge is 0.322 e. The summed E-state index contributed by atoms with van der Waals surface area (Å²) in [6.45, 7) is 0.127. The van der Waals surface area contributed by atoms with Crippen molar-refractivity contribution in [2.45, 2.75) is 16.9 Å². The van der Waals surface area contributed by atoms with Gasteiger partial charge in [-0.2, -0.15) is 4.31 Å². The van der Waals surface area contributed by atoms with Crippen LogP contribution in [0.3, 0.4) is 0 Å². The zero-order valence-electron chi connectivity index (χ0n) is 13.8. The Kier molecular flexibility index (Phi) is 3.78. The van der Waals surface area contributed by atoms with E-state index in [0.29, 0.717) is 11.0 Å². The molecule has 0 unspecified atom stereocenters. The molecule has 0 radical (unpaired) electrons. The molecule has 134 valence electrons. The van der Waals surface area contributed by atoms with Crippen LogP contribution in [-0.4, -0.2) is 51.4 Å². The predicted molar refractivity (Wildman–Crippen MR) is 93.0 cm³/mol. The molecule has 0 bridgehead atoms. The number of benzene rings is 2. The van der Waals surface area contributed by atoms with E-state index in [1.165, 1.54) is 12.1 Å². The lowest BCUT2D eigenvalue weighted by Crippen LogP contribution is -2.60. The minimum atomic E-state index is -3.94. The van der Waals surface area contributed by atoms with Crippen molar-refractivity contribution in [2.24, 2.45) is 7.05 Å². The molecule has 1 N–H and O–H groups in total. The molecule has 0 amide bonds. The summed E-state index contributed by atoms with van der Waals surface area (Å²) in [5, 5.41) is 17.4. The van der Waals surface area contributed by atoms with Gasteiger partial charge in [-0.15, -0.1) is 5.10 Å². The van der Waals surface area contributed by atoms with Gasteiger partial charge in [0.05, 0.1) is 10.4 Å². The van der Waals surface area contributed by atoms with Gasteiger partial charge in [0.2, 0.25) is 10.0 Å². The Morgan fingerprint density at radius 1 is 1.19 bits per heavy atom. The average Bonchev–Trinajstić information content (AvgIpc) is 2.95. The molecular formula is C17H16N4O4S. The van der Waals surface area contributed by atoms with Crippen molar-refractivity contribution in [3.05, 3.63) is 54.1 Å². The van der Waals surface area contributed by atoms with E-state index in [2.05, 4.69) is 10.3 Å². The Balaban J connectivity index is 1.69. The molecule has 1 aliphatic rings. The predicted octanol–water partition coefficient (Wildman–Crippen LogP) is 1.21. The number of aryl methyl sites for hydroxylation is 1. The largest absolute Gasteiger partial charge is 0.480 e. The molecule has 0 aliphatic carbocycles. The molecule has 26 heavy (non-hydrogen) atoms. The molecule has 3 aromatic rings. The Bertz CT molecular complexity index is 1090. The highest BCUT2D eigenvalue weighted by molar-refractivity contribution is 7.89. The zero-order chi connectivity index (χ0) is 18.5. The van der Waals surface area contributed by atoms with Crippen LogP contribution >= 0.6 is 0 Å². The molecule has 2 heterocycles. The van der Waals surface area contributed by atoms with Crippen LogP contribution < -0.4 is 0 Å². The van der Waals surface area contributed by atoms with E-state index in [9.17, 15) is 18.3 Å². The van der Waals surface area contributed by atoms with Crippen molar-refractivity contribution in [3.8, 4) is 0 Å². The van der Waals surface area contributed by atoms with Gasteiger partial charge < -0.3 is 5.11 Å². The van der Waals surface area contributed by atoms with Gasteiger partial charge in [-0.25, -0.2) is 13.1 Å². The summed E-state index contributed by atoms with van der Waals surface area (Å²) in [5.41, 5.74) is 1.96. The second kappa shape index (κ2) is 5.89. The summed E-state index contributed by atoms with van der Waals surface area (Å²) in [4.78, 5) is 11.8. The molecule has 2 atom stereocenters. The number of carbonyl (C=O) groups is 1. The fraction of sp³-hybridized carbons (Fsp3) is 0.235. The Labute approximate surface area is 149 Å². The van der Waals surface area contributed by atoms with Crippen LogP contribution in [0.25, 0.3) is 11.0 Å². The second-order valence-electron chi connectivity index (χ2n) is 6.24. The number of aliphatic carboxylic acids is 1. The standard InChI is InChI=1S/C17H16N4O4S/c1-20-15-8-7-12(9-14(15)18-19-20)26(24,25)21-10-13(16(21)17(22)23)11-5-3-2-4-6-11/h2-9,13,16H,10H2,1H3,(H,22,23)/t13-,16+/m1/s1. The highest BCUT2D eigenvalue weighted by Crippen LogP contribution is 2.38. The van der Waals surface area contributed by atoms with Crippen molar-refractivity contribution in [2.75, 3.05) is 6.54 Å². The van der Waals surface area contributed by atoms with Crippen molar-refractivity contribution in [3.63, 3.8) is 0 Å². The monoisotopic (exact) mass is 372 g/mol. The molecule has 2 aromatic carbocycles. The van der Waals surface area contributed by atoms with Crippen molar-refractivity contribution in [1.29, 1.82) is 0 Å². The Morgan fingerprint density at radius 3 is 2.62 bits per heavy atom. The van der Waals surface area contributed by atoms with Gasteiger partial charge in [0, 0.05) is 19.5 Å². The molecule has 1 saturated heterocycles. The highest BCUT2D eigenvalue weighted by atomic mass is 32.2. The first-order chi connectivity index (χ1) is 12.4. The van der Waals surface area contributed by atoms with E-state index < -0.39 is 22.0 Å². The summed E-state index contributed by atoms with van der Waals surface area (Å²) < 4.78 is 28.5. The second-order valence-corrected chi connectivity index (χ2v) is 8.13. The molecule has 1 aromatic heterocycles. The molecule has 8 nitrogen and oxygen atoms in total. The molecule has 0 spiro atoms. The first-order valence-corrected chi connectivity index (χ1v) is 9.42. The summed E-state index contributed by atoms with van der Waals surface area (Å²) >= 11 is 0. The fourth-order valence-corrected chi connectivity index (χ4v) is 4.98. The number of carboxylic acids is 1. The van der Waals surface area contributed by atoms with Gasteiger partial charge in [0.25, 0.3) is 0 Å². The van der Waals surface area contributed by atoms with Crippen LogP contribution in [0.4, 0.5) is 0 Å². The minimum Gasteiger partial charge on any atom is -0.480 e. The number of hydrogen-bond donors (Lipinski definition) is 1. The number of carboxylic acid groups (broad SMARTS) is 1. The van der Waals surface area contributed by atoms with Crippen molar-refractivity contribution in [1.82, 2.24) is 19.3 Å². The lowest BCUT2D eigenvalue weighted by Gasteiger charge is -2.44. The van der Waals surface area contributed by atoms with Crippen LogP contribution in [-0.2, 0) is 21.9 Å². The average molecular weight is 372 g/mol. The number of hydrogen-bond acceptors (Lipinski definition) is 5. The summed E-state index contributed by atoms with van der Waals surface area (Å²) in [6, 6.07) is 12.5. The summed E-state index contributed by atoms with van der Waals surface area (Å²) in [7, 11) is -2.23. The lowest BCUT2D eigenvalue weighted by atomic mass is 9.85. The number of nitrogens with zero attached hydrogens (tertiary/aromatic N) is 4. The van der Waals surface area contributed by atoms with Gasteiger partial charge in [0.15, 0.2) is 0 Å². The molecular weight excluding hydrogens is 356 g/mol. The third-order valence-electron chi connectivity index (χ3n) is 4.74. The number of fused-ring (bicyclic) bond motifs is 1. The van der Waals surface area contributed by atoms with Crippen LogP contribution in [0.2, 0.25) is 0 Å². The molecule has 1 fully saturated rings. The normalized spacial score (nSPS) is 20.8. The third kappa shape index (κ3) is 2.47. The van der Waals surface area contributed by atoms with Gasteiger partial charge in [-0.3, -0.25) is 4.79 Å². The number of aromatic nitrogens is 3. The van der Waals surface area contributed by atoms with E-state index in [1.807, 2.05) is 30.3 Å². The SMILES string of the molecule is Cn1nnc2cc(S(=O)(=O)N3C[C@H](c4ccccc4)[C@H]3C(=O)O)ccc21. The van der Waals surface area contributed by atoms with Crippen LogP contribution in [0, 0.1) is 0 Å². The molecule has 0 saturated carbocycles. The first kappa shape index (κ1) is 16.7. The zero-order valence-corrected chi connectivity index (χ0v) is 14.7. The maximum atomic E-state index is 13.0. The van der Waals surface area contributed by atoms with Crippen LogP contribution in [0.1, 0.15) is 11.5 Å². The topological polar surface area (TPSA) is 105 Å². The maximum absolute atomic E-state index is 13.0. The van der Waals surface area contributed by atoms with E-state index in [0.717, 1.165) is 9.87 Å². The quantitative estimate of drug-likeness (QED) is 0.738. The minimum absolute atomic E-state index is 0.0169. The maximum Gasteiger partial charge on any atom is 0.322 e. The van der Waals surface area contributed by atoms with Crippen LogP contribution in [0.5, 0.6) is 0 Å². The van der Waals surface area contributed by atoms with Gasteiger partial charge in [-0.05, 0) is 23.8 Å². The third-order valence-corrected chi connectivity index (χ3v) is 6.58. The summed E-state index contributed by atoms with van der Waals surface area (Å²) in [5.74, 6) is -1.53. The summed E-state index contributed by atoms with van der Waals surface area (Å²) in [6.07, 6.45) is 0. The van der Waals surface area contributed by atoms with Crippen LogP contribution in [0.15, 0.2) is 53.4 Å². The van der Waals surface area contributed by atoms with Gasteiger partial charge in [0.1, 0.15) is 11.6 Å². The Hall–Kier alpha value is -2.78. The molecule has 4 rings (SSSR count).